The fourth-order valence-electron chi connectivity index (χ4n) is 1.68. The molecule has 0 bridgehead atoms. The molecule has 0 radical (unpaired) electrons. The van der Waals surface area contributed by atoms with Crippen molar-refractivity contribution in [1.82, 2.24) is 4.72 Å². The van der Waals surface area contributed by atoms with Gasteiger partial charge in [-0.05, 0) is 13.5 Å². The number of ether oxygens (including phenoxy) is 2. The van der Waals surface area contributed by atoms with Gasteiger partial charge in [0.15, 0.2) is 0 Å². The SMILES string of the molecule is CNS(=O)(=O)C1CC1C1COCO1. The molecule has 0 aromatic heterocycles. The van der Waals surface area contributed by atoms with Crippen molar-refractivity contribution in [3.63, 3.8) is 0 Å². The topological polar surface area (TPSA) is 64.6 Å². The van der Waals surface area contributed by atoms with Gasteiger partial charge in [-0.15, -0.1) is 0 Å². The molecule has 1 saturated carbocycles. The van der Waals surface area contributed by atoms with Gasteiger partial charge in [0.2, 0.25) is 10.0 Å². The van der Waals surface area contributed by atoms with E-state index in [2.05, 4.69) is 4.72 Å². The second kappa shape index (κ2) is 3.20. The van der Waals surface area contributed by atoms with Crippen LogP contribution in [0.4, 0.5) is 0 Å². The molecule has 6 heteroatoms. The van der Waals surface area contributed by atoms with Crippen molar-refractivity contribution in [2.45, 2.75) is 17.8 Å². The predicted octanol–water partition coefficient (Wildman–Crippen LogP) is -0.703. The average Bonchev–Trinajstić information content (AvgIpc) is 2.75. The first-order valence-corrected chi connectivity index (χ1v) is 5.81. The predicted molar refractivity (Wildman–Crippen MR) is 45.6 cm³/mol. The molecule has 0 spiro atoms. The maximum Gasteiger partial charge on any atom is 0.214 e. The number of hydrogen-bond acceptors (Lipinski definition) is 4. The van der Waals surface area contributed by atoms with Crippen molar-refractivity contribution in [3.05, 3.63) is 0 Å². The van der Waals surface area contributed by atoms with Gasteiger partial charge in [-0.2, -0.15) is 0 Å². The molecule has 1 saturated heterocycles. The Kier molecular flexibility index (Phi) is 2.31. The van der Waals surface area contributed by atoms with Crippen LogP contribution in [0.3, 0.4) is 0 Å². The van der Waals surface area contributed by atoms with Crippen LogP contribution in [0.2, 0.25) is 0 Å². The average molecular weight is 207 g/mol. The second-order valence-corrected chi connectivity index (χ2v) is 5.48. The summed E-state index contributed by atoms with van der Waals surface area (Å²) in [5, 5.41) is -0.274. The van der Waals surface area contributed by atoms with E-state index >= 15 is 0 Å². The third-order valence-electron chi connectivity index (χ3n) is 2.59. The minimum Gasteiger partial charge on any atom is -0.353 e. The van der Waals surface area contributed by atoms with Crippen LogP contribution in [0.25, 0.3) is 0 Å². The molecule has 76 valence electrons. The summed E-state index contributed by atoms with van der Waals surface area (Å²) in [7, 11) is -1.66. The highest BCUT2D eigenvalue weighted by Crippen LogP contribution is 2.41. The molecule has 1 aliphatic heterocycles. The second-order valence-electron chi connectivity index (χ2n) is 3.38. The van der Waals surface area contributed by atoms with E-state index in [1.807, 2.05) is 0 Å². The van der Waals surface area contributed by atoms with Gasteiger partial charge >= 0.3 is 0 Å². The molecule has 5 nitrogen and oxygen atoms in total. The van der Waals surface area contributed by atoms with E-state index in [0.717, 1.165) is 0 Å². The summed E-state index contributed by atoms with van der Waals surface area (Å²) >= 11 is 0. The largest absolute Gasteiger partial charge is 0.353 e. The Morgan fingerprint density at radius 2 is 2.23 bits per heavy atom. The molecular weight excluding hydrogens is 194 g/mol. The van der Waals surface area contributed by atoms with Crippen LogP contribution in [0.1, 0.15) is 6.42 Å². The van der Waals surface area contributed by atoms with Gasteiger partial charge in [-0.25, -0.2) is 13.1 Å². The summed E-state index contributed by atoms with van der Waals surface area (Å²) in [6, 6.07) is 0. The van der Waals surface area contributed by atoms with Crippen molar-refractivity contribution in [3.8, 4) is 0 Å². The van der Waals surface area contributed by atoms with Gasteiger partial charge < -0.3 is 9.47 Å². The molecule has 3 unspecified atom stereocenters. The van der Waals surface area contributed by atoms with Crippen molar-refractivity contribution in [2.24, 2.45) is 5.92 Å². The van der Waals surface area contributed by atoms with Crippen LogP contribution in [0.15, 0.2) is 0 Å². The summed E-state index contributed by atoms with van der Waals surface area (Å²) < 4.78 is 35.2. The zero-order valence-corrected chi connectivity index (χ0v) is 8.21. The Labute approximate surface area is 77.5 Å². The Bertz CT molecular complexity index is 283. The molecule has 13 heavy (non-hydrogen) atoms. The van der Waals surface area contributed by atoms with E-state index in [1.165, 1.54) is 7.05 Å². The standard InChI is InChI=1S/C7H13NO4S/c1-8-13(9,10)7-2-5(7)6-3-11-4-12-6/h5-8H,2-4H2,1H3. The third kappa shape index (κ3) is 1.71. The maximum absolute atomic E-state index is 11.3. The molecule has 0 aromatic rings. The lowest BCUT2D eigenvalue weighted by molar-refractivity contribution is 0.0410. The van der Waals surface area contributed by atoms with Crippen molar-refractivity contribution in [2.75, 3.05) is 20.4 Å². The van der Waals surface area contributed by atoms with Crippen molar-refractivity contribution < 1.29 is 17.9 Å². The Hall–Kier alpha value is -0.170. The number of nitrogens with one attached hydrogen (secondary N) is 1. The van der Waals surface area contributed by atoms with Crippen LogP contribution in [-0.4, -0.2) is 40.2 Å². The first-order valence-electron chi connectivity index (χ1n) is 4.27. The first-order chi connectivity index (χ1) is 6.15. The van der Waals surface area contributed by atoms with E-state index in [4.69, 9.17) is 9.47 Å². The number of rotatable bonds is 3. The molecule has 0 aromatic carbocycles. The van der Waals surface area contributed by atoms with Crippen LogP contribution in [0, 0.1) is 5.92 Å². The van der Waals surface area contributed by atoms with Gasteiger partial charge in [-0.3, -0.25) is 0 Å². The van der Waals surface area contributed by atoms with E-state index in [9.17, 15) is 8.42 Å². The van der Waals surface area contributed by atoms with Crippen molar-refractivity contribution in [1.29, 1.82) is 0 Å². The van der Waals surface area contributed by atoms with Gasteiger partial charge in [0, 0.05) is 5.92 Å². The van der Waals surface area contributed by atoms with Crippen LogP contribution >= 0.6 is 0 Å². The lowest BCUT2D eigenvalue weighted by Gasteiger charge is -2.06. The lowest BCUT2D eigenvalue weighted by Crippen LogP contribution is -2.27. The zero-order valence-electron chi connectivity index (χ0n) is 7.39. The fraction of sp³-hybridized carbons (Fsp3) is 1.00. The fourth-order valence-corrected chi connectivity index (χ4v) is 3.10. The van der Waals surface area contributed by atoms with Gasteiger partial charge in [-0.1, -0.05) is 0 Å². The normalized spacial score (nSPS) is 39.3. The van der Waals surface area contributed by atoms with E-state index in [-0.39, 0.29) is 17.3 Å². The number of sulfonamides is 1. The minimum atomic E-state index is -3.10. The molecule has 2 rings (SSSR count). The highest BCUT2D eigenvalue weighted by Gasteiger charge is 2.52. The van der Waals surface area contributed by atoms with Gasteiger partial charge in [0.25, 0.3) is 0 Å². The lowest BCUT2D eigenvalue weighted by atomic mass is 10.2. The Morgan fingerprint density at radius 1 is 1.46 bits per heavy atom. The third-order valence-corrected chi connectivity index (χ3v) is 4.50. The van der Waals surface area contributed by atoms with Crippen molar-refractivity contribution >= 4 is 10.0 Å². The highest BCUT2D eigenvalue weighted by molar-refractivity contribution is 7.90. The molecule has 1 heterocycles. The Balaban J connectivity index is 1.95. The molecule has 1 N–H and O–H groups in total. The molecule has 2 fully saturated rings. The molecule has 3 atom stereocenters. The summed E-state index contributed by atoms with van der Waals surface area (Å²) in [6.07, 6.45) is 0.671. The maximum atomic E-state index is 11.3. The molecule has 2 aliphatic rings. The molecule has 0 amide bonds. The highest BCUT2D eigenvalue weighted by atomic mass is 32.2. The summed E-state index contributed by atoms with van der Waals surface area (Å²) in [6.45, 7) is 0.827. The number of hydrogen-bond donors (Lipinski definition) is 1. The summed E-state index contributed by atoms with van der Waals surface area (Å²) in [5.74, 6) is 0.125. The van der Waals surface area contributed by atoms with E-state index < -0.39 is 10.0 Å². The summed E-state index contributed by atoms with van der Waals surface area (Å²) in [5.41, 5.74) is 0. The van der Waals surface area contributed by atoms with Gasteiger partial charge in [0.05, 0.1) is 18.0 Å². The van der Waals surface area contributed by atoms with Gasteiger partial charge in [0.1, 0.15) is 6.79 Å². The molecule has 1 aliphatic carbocycles. The van der Waals surface area contributed by atoms with E-state index in [0.29, 0.717) is 19.8 Å². The van der Waals surface area contributed by atoms with Crippen LogP contribution in [-0.2, 0) is 19.5 Å². The first kappa shape index (κ1) is 9.39. The zero-order chi connectivity index (χ0) is 9.47. The summed E-state index contributed by atoms with van der Waals surface area (Å²) in [4.78, 5) is 0. The molecular formula is C7H13NO4S. The Morgan fingerprint density at radius 3 is 2.77 bits per heavy atom. The van der Waals surface area contributed by atoms with Crippen LogP contribution < -0.4 is 4.72 Å². The van der Waals surface area contributed by atoms with Crippen LogP contribution in [0.5, 0.6) is 0 Å². The monoisotopic (exact) mass is 207 g/mol. The minimum absolute atomic E-state index is 0.0203. The van der Waals surface area contributed by atoms with E-state index in [1.54, 1.807) is 0 Å². The smallest absolute Gasteiger partial charge is 0.214 e. The quantitative estimate of drug-likeness (QED) is 0.664.